The lowest BCUT2D eigenvalue weighted by molar-refractivity contribution is -0.119. The van der Waals surface area contributed by atoms with Gasteiger partial charge in [-0.1, -0.05) is 6.42 Å². The van der Waals surface area contributed by atoms with Crippen molar-refractivity contribution in [1.82, 2.24) is 0 Å². The van der Waals surface area contributed by atoms with Gasteiger partial charge in [-0.25, -0.2) is 0 Å². The second-order valence-corrected chi connectivity index (χ2v) is 5.01. The van der Waals surface area contributed by atoms with Crippen molar-refractivity contribution in [2.45, 2.75) is 37.9 Å². The third-order valence-corrected chi connectivity index (χ3v) is 3.37. The molecule has 0 aliphatic heterocycles. The second kappa shape index (κ2) is 7.26. The van der Waals surface area contributed by atoms with E-state index in [0.29, 0.717) is 11.4 Å². The molecule has 5 nitrogen and oxygen atoms in total. The monoisotopic (exact) mass is 279 g/mol. The first kappa shape index (κ1) is 14.8. The van der Waals surface area contributed by atoms with Gasteiger partial charge in [0.25, 0.3) is 0 Å². The third-order valence-electron chi connectivity index (χ3n) is 3.37. The fourth-order valence-electron chi connectivity index (χ4n) is 2.33. The summed E-state index contributed by atoms with van der Waals surface area (Å²) in [5.41, 5.74) is 0.698. The molecule has 2 unspecified atom stereocenters. The molecular formula is C15H21NO4. The van der Waals surface area contributed by atoms with Gasteiger partial charge < -0.3 is 19.9 Å². The summed E-state index contributed by atoms with van der Waals surface area (Å²) in [5, 5.41) is 12.6. The average molecular weight is 279 g/mol. The van der Waals surface area contributed by atoms with Crippen LogP contribution in [0.3, 0.4) is 0 Å². The minimum Gasteiger partial charge on any atom is -0.488 e. The molecule has 0 bridgehead atoms. The van der Waals surface area contributed by atoms with Gasteiger partial charge in [-0.05, 0) is 43.5 Å². The van der Waals surface area contributed by atoms with Gasteiger partial charge in [0.2, 0.25) is 5.91 Å². The zero-order valence-corrected chi connectivity index (χ0v) is 11.7. The number of methoxy groups -OCH3 is 1. The fourth-order valence-corrected chi connectivity index (χ4v) is 2.33. The van der Waals surface area contributed by atoms with Crippen LogP contribution in [-0.2, 0) is 9.53 Å². The lowest BCUT2D eigenvalue weighted by Crippen LogP contribution is -2.34. The Kier molecular flexibility index (Phi) is 5.38. The van der Waals surface area contributed by atoms with Crippen LogP contribution in [-0.4, -0.2) is 36.9 Å². The van der Waals surface area contributed by atoms with Gasteiger partial charge in [-0.15, -0.1) is 0 Å². The first-order valence-corrected chi connectivity index (χ1v) is 6.92. The van der Waals surface area contributed by atoms with E-state index >= 15 is 0 Å². The normalized spacial score (nSPS) is 22.3. The number of hydrogen-bond donors (Lipinski definition) is 2. The maximum absolute atomic E-state index is 11.4. The molecule has 2 N–H and O–H groups in total. The van der Waals surface area contributed by atoms with Gasteiger partial charge in [-0.3, -0.25) is 4.79 Å². The molecule has 0 heterocycles. The highest BCUT2D eigenvalue weighted by Gasteiger charge is 2.24. The van der Waals surface area contributed by atoms with E-state index in [4.69, 9.17) is 9.47 Å². The smallest absolute Gasteiger partial charge is 0.250 e. The predicted octanol–water partition coefficient (Wildman–Crippen LogP) is 1.95. The summed E-state index contributed by atoms with van der Waals surface area (Å²) < 4.78 is 10.5. The molecule has 0 spiro atoms. The highest BCUT2D eigenvalue weighted by atomic mass is 16.5. The zero-order chi connectivity index (χ0) is 14.4. The van der Waals surface area contributed by atoms with Crippen LogP contribution in [0, 0.1) is 0 Å². The van der Waals surface area contributed by atoms with Crippen LogP contribution in [0.2, 0.25) is 0 Å². The van der Waals surface area contributed by atoms with Gasteiger partial charge >= 0.3 is 0 Å². The Bertz CT molecular complexity index is 432. The standard InChI is InChI=1S/C15H21NO4/c1-19-10-15(18)16-11-6-8-12(9-7-11)20-14-5-3-2-4-13(14)17/h6-9,13-14,17H,2-5,10H2,1H3,(H,16,18). The van der Waals surface area contributed by atoms with E-state index < -0.39 is 0 Å². The van der Waals surface area contributed by atoms with Gasteiger partial charge in [-0.2, -0.15) is 0 Å². The van der Waals surface area contributed by atoms with E-state index in [9.17, 15) is 9.90 Å². The van der Waals surface area contributed by atoms with Gasteiger partial charge in [0.05, 0.1) is 6.10 Å². The molecule has 0 saturated heterocycles. The lowest BCUT2D eigenvalue weighted by atomic mass is 9.95. The summed E-state index contributed by atoms with van der Waals surface area (Å²) >= 11 is 0. The predicted molar refractivity (Wildman–Crippen MR) is 75.8 cm³/mol. The molecule has 1 aliphatic rings. The second-order valence-electron chi connectivity index (χ2n) is 5.01. The number of aliphatic hydroxyl groups excluding tert-OH is 1. The topological polar surface area (TPSA) is 67.8 Å². The first-order chi connectivity index (χ1) is 9.69. The molecule has 1 aromatic rings. The molecule has 2 atom stereocenters. The zero-order valence-electron chi connectivity index (χ0n) is 11.7. The van der Waals surface area contributed by atoms with E-state index in [0.717, 1.165) is 25.7 Å². The van der Waals surface area contributed by atoms with Gasteiger partial charge in [0.1, 0.15) is 18.5 Å². The number of carbonyl (C=O) groups excluding carboxylic acids is 1. The molecule has 0 radical (unpaired) electrons. The molecule has 0 aromatic heterocycles. The van der Waals surface area contributed by atoms with Crippen molar-refractivity contribution >= 4 is 11.6 Å². The minimum atomic E-state index is -0.384. The fraction of sp³-hybridized carbons (Fsp3) is 0.533. The minimum absolute atomic E-state index is 0.0342. The number of amides is 1. The van der Waals surface area contributed by atoms with Crippen molar-refractivity contribution in [3.63, 3.8) is 0 Å². The Balaban J connectivity index is 1.89. The molecular weight excluding hydrogens is 258 g/mol. The Morgan fingerprint density at radius 2 is 2.00 bits per heavy atom. The highest BCUT2D eigenvalue weighted by Crippen LogP contribution is 2.24. The Morgan fingerprint density at radius 1 is 1.30 bits per heavy atom. The SMILES string of the molecule is COCC(=O)Nc1ccc(OC2CCCCC2O)cc1. The van der Waals surface area contributed by atoms with Crippen LogP contribution in [0.1, 0.15) is 25.7 Å². The lowest BCUT2D eigenvalue weighted by Gasteiger charge is -2.28. The van der Waals surface area contributed by atoms with E-state index in [2.05, 4.69) is 5.32 Å². The maximum Gasteiger partial charge on any atom is 0.250 e. The average Bonchev–Trinajstić information content (AvgIpc) is 2.44. The van der Waals surface area contributed by atoms with Crippen molar-refractivity contribution in [3.8, 4) is 5.75 Å². The molecule has 5 heteroatoms. The third kappa shape index (κ3) is 4.21. The summed E-state index contributed by atoms with van der Waals surface area (Å²) in [6.07, 6.45) is 3.32. The summed E-state index contributed by atoms with van der Waals surface area (Å²) in [6, 6.07) is 7.14. The summed E-state index contributed by atoms with van der Waals surface area (Å²) in [5.74, 6) is 0.518. The van der Waals surface area contributed by atoms with Gasteiger partial charge in [0.15, 0.2) is 0 Å². The first-order valence-electron chi connectivity index (χ1n) is 6.92. The summed E-state index contributed by atoms with van der Waals surface area (Å²) in [6.45, 7) is 0.0342. The largest absolute Gasteiger partial charge is 0.488 e. The van der Waals surface area contributed by atoms with Crippen LogP contribution < -0.4 is 10.1 Å². The van der Waals surface area contributed by atoms with E-state index in [1.54, 1.807) is 24.3 Å². The van der Waals surface area contributed by atoms with Crippen molar-refractivity contribution in [2.24, 2.45) is 0 Å². The van der Waals surface area contributed by atoms with Crippen molar-refractivity contribution in [1.29, 1.82) is 0 Å². The number of ether oxygens (including phenoxy) is 2. The molecule has 2 rings (SSSR count). The van der Waals surface area contributed by atoms with Crippen LogP contribution in [0.25, 0.3) is 0 Å². The van der Waals surface area contributed by atoms with Crippen LogP contribution in [0.15, 0.2) is 24.3 Å². The van der Waals surface area contributed by atoms with E-state index in [1.165, 1.54) is 7.11 Å². The molecule has 1 aliphatic carbocycles. The molecule has 1 fully saturated rings. The molecule has 1 aromatic carbocycles. The Hall–Kier alpha value is -1.59. The number of carbonyl (C=O) groups is 1. The van der Waals surface area contributed by atoms with E-state index in [1.807, 2.05) is 0 Å². The molecule has 1 amide bonds. The van der Waals surface area contributed by atoms with Crippen LogP contribution in [0.5, 0.6) is 5.75 Å². The van der Waals surface area contributed by atoms with Crippen molar-refractivity contribution in [2.75, 3.05) is 19.0 Å². The summed E-state index contributed by atoms with van der Waals surface area (Å²) in [7, 11) is 1.48. The number of aliphatic hydroxyl groups is 1. The number of hydrogen-bond acceptors (Lipinski definition) is 4. The Morgan fingerprint density at radius 3 is 2.65 bits per heavy atom. The molecule has 1 saturated carbocycles. The van der Waals surface area contributed by atoms with Crippen LogP contribution >= 0.6 is 0 Å². The summed E-state index contributed by atoms with van der Waals surface area (Å²) in [4.78, 5) is 11.4. The number of anilines is 1. The van der Waals surface area contributed by atoms with Crippen LogP contribution in [0.4, 0.5) is 5.69 Å². The molecule has 20 heavy (non-hydrogen) atoms. The van der Waals surface area contributed by atoms with Crippen molar-refractivity contribution in [3.05, 3.63) is 24.3 Å². The number of nitrogens with one attached hydrogen (secondary N) is 1. The Labute approximate surface area is 118 Å². The number of benzene rings is 1. The van der Waals surface area contributed by atoms with E-state index in [-0.39, 0.29) is 24.7 Å². The highest BCUT2D eigenvalue weighted by molar-refractivity contribution is 5.91. The quantitative estimate of drug-likeness (QED) is 0.864. The number of rotatable bonds is 5. The maximum atomic E-state index is 11.4. The van der Waals surface area contributed by atoms with Crippen molar-refractivity contribution < 1.29 is 19.4 Å². The molecule has 110 valence electrons. The van der Waals surface area contributed by atoms with Gasteiger partial charge in [0, 0.05) is 12.8 Å².